The Morgan fingerprint density at radius 1 is 1.56 bits per heavy atom. The second-order valence-corrected chi connectivity index (χ2v) is 6.53. The van der Waals surface area contributed by atoms with Gasteiger partial charge >= 0.3 is 0 Å². The molecule has 102 valence electrons. The van der Waals surface area contributed by atoms with Crippen LogP contribution in [0.2, 0.25) is 0 Å². The van der Waals surface area contributed by atoms with Gasteiger partial charge in [-0.25, -0.2) is 0 Å². The lowest BCUT2D eigenvalue weighted by Crippen LogP contribution is -2.59. The largest absolute Gasteiger partial charge is 0.375 e. The van der Waals surface area contributed by atoms with Crippen molar-refractivity contribution in [1.82, 2.24) is 5.32 Å². The summed E-state index contributed by atoms with van der Waals surface area (Å²) in [6.45, 7) is 6.78. The average molecular weight is 268 g/mol. The van der Waals surface area contributed by atoms with E-state index in [1.54, 1.807) is 11.3 Å². The van der Waals surface area contributed by atoms with Gasteiger partial charge in [0.15, 0.2) is 0 Å². The van der Waals surface area contributed by atoms with Crippen LogP contribution in [0.25, 0.3) is 0 Å². The molecule has 3 nitrogen and oxygen atoms in total. The first-order valence-electron chi connectivity index (χ1n) is 6.73. The minimum atomic E-state index is -0.0277. The SMILES string of the molecule is CCC1(C)CC(CN)(NCc2cccs2)CCO1. The minimum absolute atomic E-state index is 0.0277. The van der Waals surface area contributed by atoms with Gasteiger partial charge in [-0.2, -0.15) is 0 Å². The molecule has 0 aromatic carbocycles. The van der Waals surface area contributed by atoms with E-state index in [0.29, 0.717) is 6.54 Å². The van der Waals surface area contributed by atoms with Gasteiger partial charge < -0.3 is 15.8 Å². The van der Waals surface area contributed by atoms with E-state index in [2.05, 4.69) is 36.7 Å². The molecule has 1 aliphatic rings. The van der Waals surface area contributed by atoms with Crippen LogP contribution in [0.4, 0.5) is 0 Å². The van der Waals surface area contributed by atoms with Crippen molar-refractivity contribution in [1.29, 1.82) is 0 Å². The molecule has 2 rings (SSSR count). The van der Waals surface area contributed by atoms with Crippen LogP contribution in [0, 0.1) is 0 Å². The Labute approximate surface area is 114 Å². The number of thiophene rings is 1. The summed E-state index contributed by atoms with van der Waals surface area (Å²) in [6, 6.07) is 4.26. The molecule has 4 heteroatoms. The third-order valence-electron chi connectivity index (χ3n) is 4.10. The van der Waals surface area contributed by atoms with Gasteiger partial charge in [0.2, 0.25) is 0 Å². The molecule has 1 aromatic rings. The molecule has 3 N–H and O–H groups in total. The molecule has 2 atom stereocenters. The molecule has 0 spiro atoms. The van der Waals surface area contributed by atoms with Gasteiger partial charge in [-0.05, 0) is 37.6 Å². The van der Waals surface area contributed by atoms with Crippen LogP contribution in [0.3, 0.4) is 0 Å². The Morgan fingerprint density at radius 3 is 3.00 bits per heavy atom. The number of nitrogens with two attached hydrogens (primary N) is 1. The summed E-state index contributed by atoms with van der Waals surface area (Å²) in [5.74, 6) is 0. The van der Waals surface area contributed by atoms with Gasteiger partial charge in [-0.3, -0.25) is 0 Å². The Balaban J connectivity index is 2.01. The predicted molar refractivity (Wildman–Crippen MR) is 76.8 cm³/mol. The highest BCUT2D eigenvalue weighted by Crippen LogP contribution is 2.34. The van der Waals surface area contributed by atoms with E-state index < -0.39 is 0 Å². The van der Waals surface area contributed by atoms with Crippen LogP contribution in [0.5, 0.6) is 0 Å². The fourth-order valence-electron chi connectivity index (χ4n) is 2.66. The monoisotopic (exact) mass is 268 g/mol. The third kappa shape index (κ3) is 3.12. The van der Waals surface area contributed by atoms with E-state index >= 15 is 0 Å². The zero-order valence-electron chi connectivity index (χ0n) is 11.4. The summed E-state index contributed by atoms with van der Waals surface area (Å²) in [5.41, 5.74) is 6.05. The first-order chi connectivity index (χ1) is 8.61. The normalized spacial score (nSPS) is 32.6. The van der Waals surface area contributed by atoms with Crippen molar-refractivity contribution in [2.45, 2.75) is 50.8 Å². The number of rotatable bonds is 5. The smallest absolute Gasteiger partial charge is 0.0670 e. The van der Waals surface area contributed by atoms with Crippen LogP contribution < -0.4 is 11.1 Å². The maximum Gasteiger partial charge on any atom is 0.0670 e. The van der Waals surface area contributed by atoms with E-state index in [9.17, 15) is 0 Å². The molecule has 0 aliphatic carbocycles. The van der Waals surface area contributed by atoms with Crippen molar-refractivity contribution in [2.75, 3.05) is 13.2 Å². The Morgan fingerprint density at radius 2 is 2.39 bits per heavy atom. The van der Waals surface area contributed by atoms with E-state index in [-0.39, 0.29) is 11.1 Å². The summed E-state index contributed by atoms with van der Waals surface area (Å²) in [5, 5.41) is 5.80. The van der Waals surface area contributed by atoms with Crippen LogP contribution in [-0.4, -0.2) is 24.3 Å². The fourth-order valence-corrected chi connectivity index (χ4v) is 3.30. The Hall–Kier alpha value is -0.420. The highest BCUT2D eigenvalue weighted by molar-refractivity contribution is 7.09. The van der Waals surface area contributed by atoms with Crippen LogP contribution in [-0.2, 0) is 11.3 Å². The summed E-state index contributed by atoms with van der Waals surface area (Å²) in [4.78, 5) is 1.37. The van der Waals surface area contributed by atoms with Crippen molar-refractivity contribution in [2.24, 2.45) is 5.73 Å². The topological polar surface area (TPSA) is 47.3 Å². The van der Waals surface area contributed by atoms with Gasteiger partial charge in [0.1, 0.15) is 0 Å². The number of hydrogen-bond donors (Lipinski definition) is 2. The molecule has 1 fully saturated rings. The highest BCUT2D eigenvalue weighted by Gasteiger charge is 2.41. The zero-order valence-corrected chi connectivity index (χ0v) is 12.2. The molecule has 0 radical (unpaired) electrons. The molecule has 18 heavy (non-hydrogen) atoms. The summed E-state index contributed by atoms with van der Waals surface area (Å²) in [6.07, 6.45) is 3.04. The van der Waals surface area contributed by atoms with E-state index in [0.717, 1.165) is 32.4 Å². The van der Waals surface area contributed by atoms with E-state index in [4.69, 9.17) is 10.5 Å². The number of nitrogens with one attached hydrogen (secondary N) is 1. The first-order valence-corrected chi connectivity index (χ1v) is 7.61. The van der Waals surface area contributed by atoms with Crippen LogP contribution >= 0.6 is 11.3 Å². The molecule has 1 aromatic heterocycles. The minimum Gasteiger partial charge on any atom is -0.375 e. The molecule has 2 heterocycles. The van der Waals surface area contributed by atoms with Crippen molar-refractivity contribution < 1.29 is 4.74 Å². The second-order valence-electron chi connectivity index (χ2n) is 5.50. The van der Waals surface area contributed by atoms with Crippen molar-refractivity contribution in [3.63, 3.8) is 0 Å². The van der Waals surface area contributed by atoms with Gasteiger partial charge in [-0.15, -0.1) is 11.3 Å². The molecule has 0 amide bonds. The van der Waals surface area contributed by atoms with Crippen LogP contribution in [0.1, 0.15) is 38.0 Å². The summed E-state index contributed by atoms with van der Waals surface area (Å²) < 4.78 is 5.92. The molecule has 1 aliphatic heterocycles. The quantitative estimate of drug-likeness (QED) is 0.862. The van der Waals surface area contributed by atoms with Crippen LogP contribution in [0.15, 0.2) is 17.5 Å². The summed E-state index contributed by atoms with van der Waals surface area (Å²) >= 11 is 1.79. The average Bonchev–Trinajstić information content (AvgIpc) is 2.90. The maximum absolute atomic E-state index is 6.04. The molecular weight excluding hydrogens is 244 g/mol. The van der Waals surface area contributed by atoms with E-state index in [1.165, 1.54) is 4.88 Å². The van der Waals surface area contributed by atoms with Crippen molar-refractivity contribution in [3.8, 4) is 0 Å². The zero-order chi connectivity index (χ0) is 13.1. The van der Waals surface area contributed by atoms with E-state index in [1.807, 2.05) is 0 Å². The molecule has 0 saturated carbocycles. The molecular formula is C14H24N2OS. The Bertz CT molecular complexity index is 368. The first kappa shape index (κ1) is 14.0. The molecule has 0 bridgehead atoms. The Kier molecular flexibility index (Phi) is 4.43. The molecule has 2 unspecified atom stereocenters. The standard InChI is InChI=1S/C14H24N2OS/c1-3-13(2)10-14(11-15,6-7-17-13)16-9-12-5-4-8-18-12/h4-5,8,16H,3,6-7,9-11,15H2,1-2H3. The second kappa shape index (κ2) is 5.70. The van der Waals surface area contributed by atoms with Crippen molar-refractivity contribution >= 4 is 11.3 Å². The lowest BCUT2D eigenvalue weighted by molar-refractivity contribution is -0.0997. The third-order valence-corrected chi connectivity index (χ3v) is 4.98. The lowest BCUT2D eigenvalue weighted by atomic mass is 9.79. The van der Waals surface area contributed by atoms with Gasteiger partial charge in [0.25, 0.3) is 0 Å². The number of hydrogen-bond acceptors (Lipinski definition) is 4. The lowest BCUT2D eigenvalue weighted by Gasteiger charge is -2.46. The number of ether oxygens (including phenoxy) is 1. The van der Waals surface area contributed by atoms with Crippen molar-refractivity contribution in [3.05, 3.63) is 22.4 Å². The maximum atomic E-state index is 6.04. The molecule has 1 saturated heterocycles. The fraction of sp³-hybridized carbons (Fsp3) is 0.714. The van der Waals surface area contributed by atoms with Gasteiger partial charge in [-0.1, -0.05) is 13.0 Å². The summed E-state index contributed by atoms with van der Waals surface area (Å²) in [7, 11) is 0. The van der Waals surface area contributed by atoms with Gasteiger partial charge in [0, 0.05) is 30.1 Å². The predicted octanol–water partition coefficient (Wildman–Crippen LogP) is 2.51. The highest BCUT2D eigenvalue weighted by atomic mass is 32.1. The van der Waals surface area contributed by atoms with Gasteiger partial charge in [0.05, 0.1) is 5.60 Å².